The van der Waals surface area contributed by atoms with Crippen LogP contribution in [0.1, 0.15) is 10.9 Å². The second kappa shape index (κ2) is 6.24. The van der Waals surface area contributed by atoms with Crippen molar-refractivity contribution < 1.29 is 8.42 Å². The highest BCUT2D eigenvalue weighted by Crippen LogP contribution is 2.41. The molecule has 1 aliphatic heterocycles. The van der Waals surface area contributed by atoms with Crippen molar-refractivity contribution >= 4 is 32.6 Å². The van der Waals surface area contributed by atoms with E-state index >= 15 is 0 Å². The molecule has 122 valence electrons. The van der Waals surface area contributed by atoms with E-state index in [0.29, 0.717) is 11.4 Å². The lowest BCUT2D eigenvalue weighted by Gasteiger charge is -2.23. The lowest BCUT2D eigenvalue weighted by atomic mass is 10.1. The van der Waals surface area contributed by atoms with E-state index < -0.39 is 10.0 Å². The van der Waals surface area contributed by atoms with E-state index in [4.69, 9.17) is 0 Å². The summed E-state index contributed by atoms with van der Waals surface area (Å²) in [6.07, 6.45) is 0. The largest absolute Gasteiger partial charge is 0.244 e. The maximum absolute atomic E-state index is 13.2. The molecule has 0 amide bonds. The molecule has 1 fully saturated rings. The van der Waals surface area contributed by atoms with Gasteiger partial charge in [-0.05, 0) is 28.5 Å². The van der Waals surface area contributed by atoms with Gasteiger partial charge in [0.05, 0.1) is 10.3 Å². The van der Waals surface area contributed by atoms with Crippen LogP contribution in [0.4, 0.5) is 0 Å². The third kappa shape index (κ3) is 2.73. The van der Waals surface area contributed by atoms with Crippen LogP contribution >= 0.6 is 11.8 Å². The zero-order chi connectivity index (χ0) is 16.6. The van der Waals surface area contributed by atoms with Crippen molar-refractivity contribution in [2.45, 2.75) is 10.3 Å². The molecule has 24 heavy (non-hydrogen) atoms. The first kappa shape index (κ1) is 15.7. The van der Waals surface area contributed by atoms with Gasteiger partial charge >= 0.3 is 0 Å². The van der Waals surface area contributed by atoms with Crippen LogP contribution in [0.3, 0.4) is 0 Å². The Bertz CT molecular complexity index is 971. The molecule has 1 unspecified atom stereocenters. The van der Waals surface area contributed by atoms with Gasteiger partial charge in [-0.25, -0.2) is 8.42 Å². The Balaban J connectivity index is 1.75. The maximum atomic E-state index is 13.2. The van der Waals surface area contributed by atoms with E-state index in [1.807, 2.05) is 60.7 Å². The summed E-state index contributed by atoms with van der Waals surface area (Å²) in [4.78, 5) is 0.365. The summed E-state index contributed by atoms with van der Waals surface area (Å²) in [5, 5.41) is 1.84. The number of fused-ring (bicyclic) bond motifs is 1. The summed E-state index contributed by atoms with van der Waals surface area (Å²) in [6.45, 7) is 0.541. The molecule has 4 rings (SSSR count). The lowest BCUT2D eigenvalue weighted by molar-refractivity contribution is 0.434. The number of nitrogens with zero attached hydrogens (tertiary/aromatic N) is 1. The highest BCUT2D eigenvalue weighted by Gasteiger charge is 2.36. The van der Waals surface area contributed by atoms with Crippen LogP contribution in [0.2, 0.25) is 0 Å². The van der Waals surface area contributed by atoms with Gasteiger partial charge in [-0.2, -0.15) is 4.31 Å². The van der Waals surface area contributed by atoms with Gasteiger partial charge in [-0.1, -0.05) is 60.7 Å². The summed E-state index contributed by atoms with van der Waals surface area (Å²) in [7, 11) is -3.51. The SMILES string of the molecule is O=S(=O)(c1ccc2ccccc2c1)N1CCSC1c1ccccc1. The van der Waals surface area contributed by atoms with Gasteiger partial charge in [0.2, 0.25) is 10.0 Å². The van der Waals surface area contributed by atoms with Crippen LogP contribution < -0.4 is 0 Å². The molecule has 0 aliphatic carbocycles. The first-order valence-electron chi connectivity index (χ1n) is 7.83. The molecule has 5 heteroatoms. The molecule has 1 aliphatic rings. The molecule has 3 aromatic carbocycles. The Morgan fingerprint density at radius 1 is 0.875 bits per heavy atom. The fourth-order valence-electron chi connectivity index (χ4n) is 3.04. The Labute approximate surface area is 146 Å². The molecule has 0 saturated carbocycles. The van der Waals surface area contributed by atoms with Crippen molar-refractivity contribution in [3.63, 3.8) is 0 Å². The monoisotopic (exact) mass is 355 g/mol. The Hall–Kier alpha value is -1.82. The van der Waals surface area contributed by atoms with E-state index in [1.165, 1.54) is 0 Å². The van der Waals surface area contributed by atoms with Gasteiger partial charge in [0.25, 0.3) is 0 Å². The average molecular weight is 355 g/mol. The zero-order valence-electron chi connectivity index (χ0n) is 13.0. The number of thioether (sulfide) groups is 1. The van der Waals surface area contributed by atoms with E-state index in [9.17, 15) is 8.42 Å². The molecule has 1 atom stereocenters. The van der Waals surface area contributed by atoms with Crippen LogP contribution in [0.25, 0.3) is 10.8 Å². The summed E-state index contributed by atoms with van der Waals surface area (Å²) in [6, 6.07) is 23.0. The molecule has 1 saturated heterocycles. The molecule has 0 radical (unpaired) electrons. The van der Waals surface area contributed by atoms with E-state index in [0.717, 1.165) is 22.1 Å². The summed E-state index contributed by atoms with van der Waals surface area (Å²) in [5.74, 6) is 0.812. The van der Waals surface area contributed by atoms with Crippen LogP contribution in [-0.4, -0.2) is 25.0 Å². The summed E-state index contributed by atoms with van der Waals surface area (Å²) in [5.41, 5.74) is 1.03. The predicted octanol–water partition coefficient (Wildman–Crippen LogP) is 4.28. The van der Waals surface area contributed by atoms with Gasteiger partial charge in [-0.3, -0.25) is 0 Å². The molecule has 0 bridgehead atoms. The molecular formula is C19H17NO2S2. The van der Waals surface area contributed by atoms with Crippen molar-refractivity contribution in [1.82, 2.24) is 4.31 Å². The second-order valence-electron chi connectivity index (χ2n) is 5.76. The van der Waals surface area contributed by atoms with Gasteiger partial charge < -0.3 is 0 Å². The fourth-order valence-corrected chi connectivity index (χ4v) is 6.32. The third-order valence-corrected chi connectivity index (χ3v) is 7.52. The average Bonchev–Trinajstić information content (AvgIpc) is 3.13. The Kier molecular flexibility index (Phi) is 4.08. The first-order chi connectivity index (χ1) is 11.7. The van der Waals surface area contributed by atoms with E-state index in [-0.39, 0.29) is 5.37 Å². The minimum atomic E-state index is -3.51. The van der Waals surface area contributed by atoms with Gasteiger partial charge in [-0.15, -0.1) is 11.8 Å². The highest BCUT2D eigenvalue weighted by molar-refractivity contribution is 8.01. The Morgan fingerprint density at radius 3 is 2.38 bits per heavy atom. The van der Waals surface area contributed by atoms with Crippen LogP contribution in [0, 0.1) is 0 Å². The molecular weight excluding hydrogens is 338 g/mol. The van der Waals surface area contributed by atoms with E-state index in [2.05, 4.69) is 0 Å². The van der Waals surface area contributed by atoms with Crippen molar-refractivity contribution in [2.24, 2.45) is 0 Å². The standard InChI is InChI=1S/C19H17NO2S2/c21-24(22,18-11-10-15-6-4-5-9-17(15)14-18)20-12-13-23-19(20)16-7-2-1-3-8-16/h1-11,14,19H,12-13H2. The number of sulfonamides is 1. The lowest BCUT2D eigenvalue weighted by Crippen LogP contribution is -2.30. The molecule has 3 aromatic rings. The molecule has 1 heterocycles. The molecule has 0 aromatic heterocycles. The predicted molar refractivity (Wildman–Crippen MR) is 99.5 cm³/mol. The summed E-state index contributed by atoms with van der Waals surface area (Å²) >= 11 is 1.68. The minimum Gasteiger partial charge on any atom is -0.207 e. The maximum Gasteiger partial charge on any atom is 0.244 e. The minimum absolute atomic E-state index is 0.150. The van der Waals surface area contributed by atoms with Crippen molar-refractivity contribution in [1.29, 1.82) is 0 Å². The quantitative estimate of drug-likeness (QED) is 0.704. The van der Waals surface area contributed by atoms with Crippen LogP contribution in [0.5, 0.6) is 0 Å². The van der Waals surface area contributed by atoms with Gasteiger partial charge in [0.15, 0.2) is 0 Å². The number of hydrogen-bond donors (Lipinski definition) is 0. The third-order valence-electron chi connectivity index (χ3n) is 4.26. The number of benzene rings is 3. The summed E-state index contributed by atoms with van der Waals surface area (Å²) < 4.78 is 28.0. The van der Waals surface area contributed by atoms with Crippen molar-refractivity contribution in [2.75, 3.05) is 12.3 Å². The highest BCUT2D eigenvalue weighted by atomic mass is 32.2. The Morgan fingerprint density at radius 2 is 1.58 bits per heavy atom. The molecule has 3 nitrogen and oxygen atoms in total. The van der Waals surface area contributed by atoms with Crippen LogP contribution in [-0.2, 0) is 10.0 Å². The zero-order valence-corrected chi connectivity index (χ0v) is 14.6. The van der Waals surface area contributed by atoms with E-state index in [1.54, 1.807) is 28.2 Å². The van der Waals surface area contributed by atoms with Crippen molar-refractivity contribution in [3.05, 3.63) is 78.4 Å². The van der Waals surface area contributed by atoms with Gasteiger partial charge in [0, 0.05) is 12.3 Å². The van der Waals surface area contributed by atoms with Crippen LogP contribution in [0.15, 0.2) is 77.7 Å². The first-order valence-corrected chi connectivity index (χ1v) is 10.3. The van der Waals surface area contributed by atoms with Crippen molar-refractivity contribution in [3.8, 4) is 0 Å². The van der Waals surface area contributed by atoms with Gasteiger partial charge in [0.1, 0.15) is 0 Å². The normalized spacial score (nSPS) is 18.9. The topological polar surface area (TPSA) is 37.4 Å². The number of hydrogen-bond acceptors (Lipinski definition) is 3. The second-order valence-corrected chi connectivity index (χ2v) is 8.84. The fraction of sp³-hybridized carbons (Fsp3) is 0.158. The molecule has 0 N–H and O–H groups in total. The smallest absolute Gasteiger partial charge is 0.207 e. The molecule has 0 spiro atoms. The number of rotatable bonds is 3.